The normalized spacial score (nSPS) is 24.5. The summed E-state index contributed by atoms with van der Waals surface area (Å²) in [7, 11) is -3.54. The van der Waals surface area contributed by atoms with Gasteiger partial charge in [0.25, 0.3) is 0 Å². The highest BCUT2D eigenvalue weighted by atomic mass is 35.5. The lowest BCUT2D eigenvalue weighted by Crippen LogP contribution is -2.54. The number of rotatable bonds is 6. The molecule has 2 atom stereocenters. The Morgan fingerprint density at radius 3 is 2.55 bits per heavy atom. The van der Waals surface area contributed by atoms with Gasteiger partial charge in [-0.05, 0) is 38.1 Å². The molecule has 2 aromatic rings. The molecule has 1 aromatic heterocycles. The Balaban J connectivity index is 1.41. The number of thiazole rings is 1. The number of allylic oxidation sites excluding steroid dienone is 3. The van der Waals surface area contributed by atoms with Crippen molar-refractivity contribution in [1.29, 1.82) is 0 Å². The van der Waals surface area contributed by atoms with Crippen molar-refractivity contribution < 1.29 is 13.2 Å². The van der Waals surface area contributed by atoms with Crippen LogP contribution in [0.1, 0.15) is 13.8 Å². The molecule has 9 heteroatoms. The summed E-state index contributed by atoms with van der Waals surface area (Å²) in [4.78, 5) is 5.98. The fourth-order valence-electron chi connectivity index (χ4n) is 3.81. The molecule has 0 radical (unpaired) electrons. The molecule has 4 rings (SSSR count). The van der Waals surface area contributed by atoms with Crippen LogP contribution in [-0.2, 0) is 10.0 Å². The maximum atomic E-state index is 13.2. The van der Waals surface area contributed by atoms with Crippen molar-refractivity contribution in [3.05, 3.63) is 53.9 Å². The predicted molar refractivity (Wildman–Crippen MR) is 128 cm³/mol. The minimum Gasteiger partial charge on any atom is -0.494 e. The van der Waals surface area contributed by atoms with Crippen molar-refractivity contribution in [2.24, 2.45) is 0 Å². The second-order valence-electron chi connectivity index (χ2n) is 7.72. The number of hydrogen-bond donors (Lipinski definition) is 0. The topological polar surface area (TPSA) is 62.7 Å². The Hall–Kier alpha value is -1.87. The van der Waals surface area contributed by atoms with Crippen LogP contribution in [0.4, 0.5) is 5.13 Å². The zero-order valence-corrected chi connectivity index (χ0v) is 20.0. The van der Waals surface area contributed by atoms with Crippen LogP contribution in [0.25, 0.3) is 11.3 Å². The molecule has 6 nitrogen and oxygen atoms in total. The second-order valence-corrected chi connectivity index (χ2v) is 11.4. The Kier molecular flexibility index (Phi) is 6.44. The van der Waals surface area contributed by atoms with Crippen molar-refractivity contribution in [3.63, 3.8) is 0 Å². The van der Waals surface area contributed by atoms with E-state index < -0.39 is 20.1 Å². The van der Waals surface area contributed by atoms with E-state index in [1.165, 1.54) is 0 Å². The predicted octanol–water partition coefficient (Wildman–Crippen LogP) is 4.15. The summed E-state index contributed by atoms with van der Waals surface area (Å²) in [5, 5.41) is 2.18. The first-order chi connectivity index (χ1) is 14.8. The molecule has 1 aliphatic heterocycles. The lowest BCUT2D eigenvalue weighted by atomic mass is 10.0. The van der Waals surface area contributed by atoms with Crippen LogP contribution in [0.15, 0.2) is 53.9 Å². The molecular weight excluding hydrogens is 454 g/mol. The summed E-state index contributed by atoms with van der Waals surface area (Å²) in [6.45, 7) is 6.37. The Labute approximate surface area is 192 Å². The van der Waals surface area contributed by atoms with Gasteiger partial charge in [-0.25, -0.2) is 13.4 Å². The molecule has 166 valence electrons. The Morgan fingerprint density at radius 2 is 1.90 bits per heavy atom. The van der Waals surface area contributed by atoms with Gasteiger partial charge in [0.2, 0.25) is 10.0 Å². The van der Waals surface area contributed by atoms with Crippen molar-refractivity contribution in [2.45, 2.75) is 24.0 Å². The molecule has 0 N–H and O–H groups in total. The maximum absolute atomic E-state index is 13.2. The third kappa shape index (κ3) is 4.67. The summed E-state index contributed by atoms with van der Waals surface area (Å²) >= 11 is 8.06. The van der Waals surface area contributed by atoms with Crippen molar-refractivity contribution in [2.75, 3.05) is 37.7 Å². The first-order valence-electron chi connectivity index (χ1n) is 10.3. The highest BCUT2D eigenvalue weighted by Crippen LogP contribution is 2.34. The minimum atomic E-state index is -3.54. The summed E-state index contributed by atoms with van der Waals surface area (Å²) < 4.78 is 33.4. The average molecular weight is 480 g/mol. The molecule has 1 saturated heterocycles. The molecule has 0 bridgehead atoms. The number of piperazine rings is 1. The van der Waals surface area contributed by atoms with Crippen molar-refractivity contribution in [1.82, 2.24) is 9.29 Å². The summed E-state index contributed by atoms with van der Waals surface area (Å²) in [5.41, 5.74) is 1.95. The summed E-state index contributed by atoms with van der Waals surface area (Å²) in [5.74, 6) is 0.843. The highest BCUT2D eigenvalue weighted by molar-refractivity contribution is 7.90. The molecule has 0 spiro atoms. The number of aromatic nitrogens is 1. The van der Waals surface area contributed by atoms with Gasteiger partial charge < -0.3 is 9.64 Å². The standard InChI is InChI=1S/C22H26ClN3O3S2/c1-3-29-18-9-7-17(8-10-18)19-16-30-21(24-19)25-12-14-26(15-13-25)31(27,28)20-6-4-5-11-22(20,2)23/h4-11,16,20H,3,12-15H2,1-2H3. The molecule has 2 unspecified atom stereocenters. The van der Waals surface area contributed by atoms with Gasteiger partial charge in [0.15, 0.2) is 5.13 Å². The van der Waals surface area contributed by atoms with Gasteiger partial charge in [0.1, 0.15) is 11.0 Å². The highest BCUT2D eigenvalue weighted by Gasteiger charge is 2.43. The third-order valence-electron chi connectivity index (χ3n) is 5.52. The van der Waals surface area contributed by atoms with Gasteiger partial charge in [-0.1, -0.05) is 24.3 Å². The zero-order valence-electron chi connectivity index (χ0n) is 17.6. The smallest absolute Gasteiger partial charge is 0.222 e. The van der Waals surface area contributed by atoms with Gasteiger partial charge >= 0.3 is 0 Å². The fraction of sp³-hybridized carbons (Fsp3) is 0.409. The van der Waals surface area contributed by atoms with Crippen molar-refractivity contribution >= 4 is 38.1 Å². The molecule has 31 heavy (non-hydrogen) atoms. The van der Waals surface area contributed by atoms with E-state index in [1.807, 2.05) is 36.6 Å². The average Bonchev–Trinajstić information content (AvgIpc) is 3.24. The van der Waals surface area contributed by atoms with E-state index >= 15 is 0 Å². The van der Waals surface area contributed by atoms with Crippen LogP contribution in [0.3, 0.4) is 0 Å². The van der Waals surface area contributed by atoms with Crippen LogP contribution in [0.2, 0.25) is 0 Å². The minimum absolute atomic E-state index is 0.418. The number of anilines is 1. The van der Waals surface area contributed by atoms with Crippen LogP contribution in [-0.4, -0.2) is 60.6 Å². The molecule has 1 aromatic carbocycles. The van der Waals surface area contributed by atoms with E-state index in [1.54, 1.807) is 46.9 Å². The molecule has 1 fully saturated rings. The van der Waals surface area contributed by atoms with Crippen LogP contribution >= 0.6 is 22.9 Å². The SMILES string of the molecule is CCOc1ccc(-c2csc(N3CCN(S(=O)(=O)C4C=CC=CC4(C)Cl)CC3)n2)cc1. The zero-order chi connectivity index (χ0) is 22.1. The number of halogens is 1. The monoisotopic (exact) mass is 479 g/mol. The number of nitrogens with zero attached hydrogens (tertiary/aromatic N) is 3. The van der Waals surface area contributed by atoms with E-state index in [4.69, 9.17) is 21.3 Å². The first-order valence-corrected chi connectivity index (χ1v) is 13.0. The third-order valence-corrected chi connectivity index (χ3v) is 9.28. The molecular formula is C22H26ClN3O3S2. The van der Waals surface area contributed by atoms with E-state index in [0.717, 1.165) is 22.1 Å². The Morgan fingerprint density at radius 1 is 1.19 bits per heavy atom. The number of hydrogen-bond acceptors (Lipinski definition) is 6. The van der Waals surface area contributed by atoms with E-state index in [2.05, 4.69) is 4.90 Å². The summed E-state index contributed by atoms with van der Waals surface area (Å²) in [6.07, 6.45) is 6.96. The summed E-state index contributed by atoms with van der Waals surface area (Å²) in [6, 6.07) is 7.90. The largest absolute Gasteiger partial charge is 0.494 e. The van der Waals surface area contributed by atoms with Gasteiger partial charge in [-0.3, -0.25) is 0 Å². The quantitative estimate of drug-likeness (QED) is 0.582. The van der Waals surface area contributed by atoms with Gasteiger partial charge in [-0.2, -0.15) is 4.31 Å². The molecule has 0 saturated carbocycles. The van der Waals surface area contributed by atoms with Gasteiger partial charge in [0.05, 0.1) is 17.2 Å². The van der Waals surface area contributed by atoms with Crippen molar-refractivity contribution in [3.8, 4) is 17.0 Å². The number of benzene rings is 1. The number of ether oxygens (including phenoxy) is 1. The van der Waals surface area contributed by atoms with E-state index in [9.17, 15) is 8.42 Å². The number of sulfonamides is 1. The van der Waals surface area contributed by atoms with Crippen LogP contribution in [0, 0.1) is 0 Å². The van der Waals surface area contributed by atoms with E-state index in [-0.39, 0.29) is 0 Å². The molecule has 0 amide bonds. The Bertz CT molecular complexity index is 1070. The van der Waals surface area contributed by atoms with Crippen LogP contribution < -0.4 is 9.64 Å². The second kappa shape index (κ2) is 8.94. The fourth-order valence-corrected chi connectivity index (χ4v) is 7.12. The lowest BCUT2D eigenvalue weighted by molar-refractivity contribution is 0.340. The molecule has 1 aliphatic carbocycles. The first kappa shape index (κ1) is 22.3. The van der Waals surface area contributed by atoms with Crippen LogP contribution in [0.5, 0.6) is 5.75 Å². The van der Waals surface area contributed by atoms with Gasteiger partial charge in [-0.15, -0.1) is 22.9 Å². The lowest BCUT2D eigenvalue weighted by Gasteiger charge is -2.38. The molecule has 2 aliphatic rings. The molecule has 2 heterocycles. The van der Waals surface area contributed by atoms with E-state index in [0.29, 0.717) is 32.8 Å². The maximum Gasteiger partial charge on any atom is 0.222 e. The number of alkyl halides is 1. The van der Waals surface area contributed by atoms with Gasteiger partial charge in [0, 0.05) is 37.1 Å².